The summed E-state index contributed by atoms with van der Waals surface area (Å²) in [5.74, 6) is -0.473. The minimum Gasteiger partial charge on any atom is -0.368 e. The van der Waals surface area contributed by atoms with E-state index in [9.17, 15) is 9.59 Å². The zero-order chi connectivity index (χ0) is 18.1. The molecule has 0 aliphatic carbocycles. The Kier molecular flexibility index (Phi) is 4.26. The van der Waals surface area contributed by atoms with E-state index in [0.29, 0.717) is 18.1 Å². The van der Waals surface area contributed by atoms with Crippen LogP contribution in [0.1, 0.15) is 12.8 Å². The van der Waals surface area contributed by atoms with Gasteiger partial charge >= 0.3 is 6.03 Å². The number of carbonyl (C=O) groups is 2. The fourth-order valence-corrected chi connectivity index (χ4v) is 4.17. The van der Waals surface area contributed by atoms with Crippen molar-refractivity contribution in [2.24, 2.45) is 5.73 Å². The van der Waals surface area contributed by atoms with Gasteiger partial charge in [-0.1, -0.05) is 29.5 Å². The van der Waals surface area contributed by atoms with Crippen molar-refractivity contribution in [3.63, 3.8) is 0 Å². The summed E-state index contributed by atoms with van der Waals surface area (Å²) >= 11 is 1.39. The lowest BCUT2D eigenvalue weighted by molar-refractivity contribution is -0.121. The Bertz CT molecular complexity index is 972. The molecule has 2 aromatic heterocycles. The Morgan fingerprint density at radius 1 is 1.23 bits per heavy atom. The van der Waals surface area contributed by atoms with Gasteiger partial charge in [0.05, 0.1) is 15.9 Å². The number of nitrogens with zero attached hydrogens (tertiary/aromatic N) is 3. The van der Waals surface area contributed by atoms with E-state index >= 15 is 0 Å². The predicted molar refractivity (Wildman–Crippen MR) is 101 cm³/mol. The number of likely N-dealkylation sites (tertiary alicyclic amines) is 1. The van der Waals surface area contributed by atoms with Gasteiger partial charge in [0.1, 0.15) is 6.04 Å². The van der Waals surface area contributed by atoms with E-state index in [1.54, 1.807) is 6.20 Å². The van der Waals surface area contributed by atoms with Crippen molar-refractivity contribution < 1.29 is 9.59 Å². The van der Waals surface area contributed by atoms with Crippen LogP contribution in [0.15, 0.2) is 42.6 Å². The summed E-state index contributed by atoms with van der Waals surface area (Å²) in [6, 6.07) is 10.7. The zero-order valence-electron chi connectivity index (χ0n) is 13.9. The molecule has 1 fully saturated rings. The highest BCUT2D eigenvalue weighted by molar-refractivity contribution is 7.22. The SMILES string of the molecule is NC(=O)[C@@H]1CCCN1C(=O)Nc1nc2cccc(-c3ccccn3)c2s1. The van der Waals surface area contributed by atoms with Crippen molar-refractivity contribution in [2.75, 3.05) is 11.9 Å². The van der Waals surface area contributed by atoms with Crippen molar-refractivity contribution in [1.29, 1.82) is 0 Å². The van der Waals surface area contributed by atoms with E-state index in [1.165, 1.54) is 16.2 Å². The molecular weight excluding hydrogens is 350 g/mol. The molecule has 0 radical (unpaired) electrons. The molecule has 3 amide bonds. The zero-order valence-corrected chi connectivity index (χ0v) is 14.7. The summed E-state index contributed by atoms with van der Waals surface area (Å²) in [7, 11) is 0. The summed E-state index contributed by atoms with van der Waals surface area (Å²) in [4.78, 5) is 34.4. The fraction of sp³-hybridized carbons (Fsp3) is 0.222. The molecule has 132 valence electrons. The van der Waals surface area contributed by atoms with Crippen LogP contribution in [0.2, 0.25) is 0 Å². The molecule has 3 heterocycles. The molecule has 0 saturated carbocycles. The first-order chi connectivity index (χ1) is 12.6. The molecule has 7 nitrogen and oxygen atoms in total. The molecule has 1 atom stereocenters. The lowest BCUT2D eigenvalue weighted by atomic mass is 10.1. The third kappa shape index (κ3) is 2.99. The highest BCUT2D eigenvalue weighted by atomic mass is 32.1. The van der Waals surface area contributed by atoms with Gasteiger partial charge in [0.15, 0.2) is 5.13 Å². The van der Waals surface area contributed by atoms with Crippen LogP contribution in [-0.4, -0.2) is 39.4 Å². The van der Waals surface area contributed by atoms with E-state index in [-0.39, 0.29) is 6.03 Å². The van der Waals surface area contributed by atoms with Crippen LogP contribution in [0, 0.1) is 0 Å². The minimum atomic E-state index is -0.548. The average molecular weight is 367 g/mol. The van der Waals surface area contributed by atoms with Crippen LogP contribution in [0.4, 0.5) is 9.93 Å². The number of nitrogens with one attached hydrogen (secondary N) is 1. The maximum atomic E-state index is 12.5. The number of anilines is 1. The normalized spacial score (nSPS) is 16.8. The van der Waals surface area contributed by atoms with Crippen LogP contribution < -0.4 is 11.1 Å². The summed E-state index contributed by atoms with van der Waals surface area (Å²) < 4.78 is 0.953. The number of carbonyl (C=O) groups excluding carboxylic acids is 2. The van der Waals surface area contributed by atoms with Crippen LogP contribution in [-0.2, 0) is 4.79 Å². The number of rotatable bonds is 3. The lowest BCUT2D eigenvalue weighted by Crippen LogP contribution is -2.45. The van der Waals surface area contributed by atoms with Crippen LogP contribution in [0.25, 0.3) is 21.5 Å². The molecular formula is C18H17N5O2S. The molecule has 0 spiro atoms. The smallest absolute Gasteiger partial charge is 0.324 e. The fourth-order valence-electron chi connectivity index (χ4n) is 3.20. The summed E-state index contributed by atoms with van der Waals surface area (Å²) in [6.45, 7) is 0.517. The summed E-state index contributed by atoms with van der Waals surface area (Å²) in [5, 5.41) is 3.29. The number of fused-ring (bicyclic) bond motifs is 1. The third-order valence-corrected chi connectivity index (χ3v) is 5.43. The van der Waals surface area contributed by atoms with Gasteiger partial charge in [0, 0.05) is 18.3 Å². The monoisotopic (exact) mass is 367 g/mol. The Hall–Kier alpha value is -3.00. The number of benzene rings is 1. The Balaban J connectivity index is 1.62. The number of hydrogen-bond donors (Lipinski definition) is 2. The van der Waals surface area contributed by atoms with Gasteiger partial charge in [-0.15, -0.1) is 0 Å². The van der Waals surface area contributed by atoms with Crippen LogP contribution in [0.3, 0.4) is 0 Å². The van der Waals surface area contributed by atoms with E-state index in [2.05, 4.69) is 15.3 Å². The van der Waals surface area contributed by atoms with Crippen molar-refractivity contribution >= 4 is 38.6 Å². The summed E-state index contributed by atoms with van der Waals surface area (Å²) in [6.07, 6.45) is 3.12. The van der Waals surface area contributed by atoms with Gasteiger partial charge in [-0.2, -0.15) is 0 Å². The van der Waals surface area contributed by atoms with Gasteiger partial charge in [-0.3, -0.25) is 15.1 Å². The predicted octanol–water partition coefficient (Wildman–Crippen LogP) is 2.84. The van der Waals surface area contributed by atoms with Crippen molar-refractivity contribution in [3.8, 4) is 11.3 Å². The number of urea groups is 1. The quantitative estimate of drug-likeness (QED) is 0.743. The Labute approximate surface area is 153 Å². The van der Waals surface area contributed by atoms with E-state index < -0.39 is 11.9 Å². The standard InChI is InChI=1S/C18H17N5O2S/c19-16(24)14-8-4-10-23(14)18(25)22-17-21-13-7-3-5-11(15(13)26-17)12-6-1-2-9-20-12/h1-3,5-7,9,14H,4,8,10H2,(H2,19,24)(H,21,22,25)/t14-/m0/s1. The number of nitrogens with two attached hydrogens (primary N) is 1. The maximum Gasteiger partial charge on any atom is 0.324 e. The number of pyridine rings is 1. The van der Waals surface area contributed by atoms with Crippen LogP contribution in [0.5, 0.6) is 0 Å². The van der Waals surface area contributed by atoms with E-state index in [0.717, 1.165) is 27.9 Å². The van der Waals surface area contributed by atoms with Crippen molar-refractivity contribution in [2.45, 2.75) is 18.9 Å². The molecule has 0 unspecified atom stereocenters. The van der Waals surface area contributed by atoms with E-state index in [1.807, 2.05) is 36.4 Å². The third-order valence-electron chi connectivity index (χ3n) is 4.41. The molecule has 0 bridgehead atoms. The van der Waals surface area contributed by atoms with Gasteiger partial charge < -0.3 is 10.6 Å². The van der Waals surface area contributed by atoms with Crippen molar-refractivity contribution in [1.82, 2.24) is 14.9 Å². The van der Waals surface area contributed by atoms with Gasteiger partial charge in [0.2, 0.25) is 5.91 Å². The maximum absolute atomic E-state index is 12.5. The number of hydrogen-bond acceptors (Lipinski definition) is 5. The second kappa shape index (κ2) is 6.72. The van der Waals surface area contributed by atoms with Gasteiger partial charge in [0.25, 0.3) is 0 Å². The Morgan fingerprint density at radius 2 is 2.12 bits per heavy atom. The number of primary amides is 1. The molecule has 1 aromatic carbocycles. The van der Waals surface area contributed by atoms with Gasteiger partial charge in [-0.05, 0) is 31.0 Å². The first-order valence-electron chi connectivity index (χ1n) is 8.31. The van der Waals surface area contributed by atoms with Crippen molar-refractivity contribution in [3.05, 3.63) is 42.6 Å². The second-order valence-corrected chi connectivity index (χ2v) is 7.07. The lowest BCUT2D eigenvalue weighted by Gasteiger charge is -2.21. The number of aromatic nitrogens is 2. The minimum absolute atomic E-state index is 0.343. The first kappa shape index (κ1) is 16.5. The molecule has 8 heteroatoms. The molecule has 1 aliphatic rings. The number of thiazole rings is 1. The second-order valence-electron chi connectivity index (χ2n) is 6.07. The van der Waals surface area contributed by atoms with Gasteiger partial charge in [-0.25, -0.2) is 9.78 Å². The Morgan fingerprint density at radius 3 is 2.88 bits per heavy atom. The van der Waals surface area contributed by atoms with E-state index in [4.69, 9.17) is 5.73 Å². The molecule has 26 heavy (non-hydrogen) atoms. The molecule has 4 rings (SSSR count). The largest absolute Gasteiger partial charge is 0.368 e. The van der Waals surface area contributed by atoms with Crippen LogP contribution >= 0.6 is 11.3 Å². The molecule has 3 N–H and O–H groups in total. The molecule has 1 saturated heterocycles. The molecule has 1 aliphatic heterocycles. The summed E-state index contributed by atoms with van der Waals surface area (Å²) in [5.41, 5.74) is 8.00. The number of amides is 3. The first-order valence-corrected chi connectivity index (χ1v) is 9.13. The molecule has 3 aromatic rings. The highest BCUT2D eigenvalue weighted by Gasteiger charge is 2.33. The highest BCUT2D eigenvalue weighted by Crippen LogP contribution is 2.34. The average Bonchev–Trinajstić information content (AvgIpc) is 3.28. The topological polar surface area (TPSA) is 101 Å².